The SMILES string of the molecule is CCN(CCBr)C(=O)c1cc(Cl)ccc1O. The Morgan fingerprint density at radius 2 is 2.25 bits per heavy atom. The smallest absolute Gasteiger partial charge is 0.257 e. The number of phenolic OH excluding ortho intramolecular Hbond substituents is 1. The molecule has 0 saturated carbocycles. The van der Waals surface area contributed by atoms with Crippen LogP contribution in [0.4, 0.5) is 0 Å². The number of nitrogens with zero attached hydrogens (tertiary/aromatic N) is 1. The summed E-state index contributed by atoms with van der Waals surface area (Å²) in [5.41, 5.74) is 0.246. The fourth-order valence-electron chi connectivity index (χ4n) is 1.36. The summed E-state index contributed by atoms with van der Waals surface area (Å²) in [4.78, 5) is 13.7. The van der Waals surface area contributed by atoms with Gasteiger partial charge in [0.15, 0.2) is 0 Å². The van der Waals surface area contributed by atoms with E-state index in [1.807, 2.05) is 6.92 Å². The molecule has 3 nitrogen and oxygen atoms in total. The quantitative estimate of drug-likeness (QED) is 0.869. The predicted octanol–water partition coefficient (Wildman–Crippen LogP) is 2.90. The van der Waals surface area contributed by atoms with Crippen molar-refractivity contribution in [3.8, 4) is 5.75 Å². The lowest BCUT2D eigenvalue weighted by Crippen LogP contribution is -2.32. The molecule has 1 aromatic rings. The number of hydrogen-bond acceptors (Lipinski definition) is 2. The molecule has 0 aliphatic rings. The Morgan fingerprint density at radius 3 is 2.81 bits per heavy atom. The molecule has 88 valence electrons. The normalized spacial score (nSPS) is 10.2. The first-order valence-electron chi connectivity index (χ1n) is 4.94. The summed E-state index contributed by atoms with van der Waals surface area (Å²) >= 11 is 9.08. The van der Waals surface area contributed by atoms with Gasteiger partial charge in [0, 0.05) is 23.4 Å². The van der Waals surface area contributed by atoms with Crippen molar-refractivity contribution in [1.82, 2.24) is 4.90 Å². The van der Waals surface area contributed by atoms with Crippen LogP contribution in [-0.4, -0.2) is 34.3 Å². The highest BCUT2D eigenvalue weighted by Crippen LogP contribution is 2.22. The van der Waals surface area contributed by atoms with E-state index >= 15 is 0 Å². The highest BCUT2D eigenvalue weighted by Gasteiger charge is 2.17. The van der Waals surface area contributed by atoms with Crippen LogP contribution in [0.5, 0.6) is 5.75 Å². The third-order valence-electron chi connectivity index (χ3n) is 2.21. The Hall–Kier alpha value is -0.740. The van der Waals surface area contributed by atoms with E-state index in [2.05, 4.69) is 15.9 Å². The van der Waals surface area contributed by atoms with E-state index in [9.17, 15) is 9.90 Å². The maximum Gasteiger partial charge on any atom is 0.257 e. The zero-order chi connectivity index (χ0) is 12.1. The van der Waals surface area contributed by atoms with Gasteiger partial charge < -0.3 is 10.0 Å². The molecule has 0 spiro atoms. The molecule has 1 rings (SSSR count). The van der Waals surface area contributed by atoms with Crippen molar-refractivity contribution in [3.63, 3.8) is 0 Å². The summed E-state index contributed by atoms with van der Waals surface area (Å²) in [5, 5.41) is 10.7. The first-order chi connectivity index (χ1) is 7.60. The molecule has 0 bridgehead atoms. The van der Waals surface area contributed by atoms with Gasteiger partial charge in [0.1, 0.15) is 5.75 Å². The number of benzene rings is 1. The van der Waals surface area contributed by atoms with Gasteiger partial charge in [-0.3, -0.25) is 4.79 Å². The molecule has 0 radical (unpaired) electrons. The van der Waals surface area contributed by atoms with Crippen LogP contribution in [-0.2, 0) is 0 Å². The molecule has 1 N–H and O–H groups in total. The second kappa shape index (κ2) is 6.11. The van der Waals surface area contributed by atoms with E-state index in [4.69, 9.17) is 11.6 Å². The number of aromatic hydroxyl groups is 1. The largest absolute Gasteiger partial charge is 0.507 e. The molecule has 0 saturated heterocycles. The van der Waals surface area contributed by atoms with Crippen molar-refractivity contribution < 1.29 is 9.90 Å². The van der Waals surface area contributed by atoms with E-state index < -0.39 is 0 Å². The van der Waals surface area contributed by atoms with E-state index in [0.29, 0.717) is 23.4 Å². The standard InChI is InChI=1S/C11H13BrClNO2/c1-2-14(6-5-12)11(16)9-7-8(13)3-4-10(9)15/h3-4,7,15H,2,5-6H2,1H3. The number of halogens is 2. The van der Waals surface area contributed by atoms with Gasteiger partial charge in [0.25, 0.3) is 5.91 Å². The average molecular weight is 307 g/mol. The molecule has 0 unspecified atom stereocenters. The molecule has 1 amide bonds. The molecule has 0 aromatic heterocycles. The minimum atomic E-state index is -0.207. The van der Waals surface area contributed by atoms with Crippen LogP contribution in [0, 0.1) is 0 Å². The number of carbonyl (C=O) groups excluding carboxylic acids is 1. The van der Waals surface area contributed by atoms with Gasteiger partial charge >= 0.3 is 0 Å². The Kier molecular flexibility index (Phi) is 5.09. The third-order valence-corrected chi connectivity index (χ3v) is 2.80. The molecular formula is C11H13BrClNO2. The van der Waals surface area contributed by atoms with Crippen molar-refractivity contribution in [2.45, 2.75) is 6.92 Å². The fourth-order valence-corrected chi connectivity index (χ4v) is 1.96. The van der Waals surface area contributed by atoms with Crippen LogP contribution < -0.4 is 0 Å². The van der Waals surface area contributed by atoms with Crippen LogP contribution in [0.3, 0.4) is 0 Å². The molecule has 0 aliphatic heterocycles. The summed E-state index contributed by atoms with van der Waals surface area (Å²) in [6.07, 6.45) is 0. The van der Waals surface area contributed by atoms with Crippen molar-refractivity contribution in [3.05, 3.63) is 28.8 Å². The second-order valence-electron chi connectivity index (χ2n) is 3.24. The van der Waals surface area contributed by atoms with Gasteiger partial charge in [0.05, 0.1) is 5.56 Å². The minimum absolute atomic E-state index is 0.0394. The zero-order valence-corrected chi connectivity index (χ0v) is 11.3. The second-order valence-corrected chi connectivity index (χ2v) is 4.46. The lowest BCUT2D eigenvalue weighted by atomic mass is 10.1. The van der Waals surface area contributed by atoms with Crippen LogP contribution in [0.15, 0.2) is 18.2 Å². The molecule has 0 fully saturated rings. The summed E-state index contributed by atoms with van der Waals surface area (Å²) in [5.74, 6) is -0.246. The Balaban J connectivity index is 2.98. The van der Waals surface area contributed by atoms with Gasteiger partial charge in [0.2, 0.25) is 0 Å². The molecule has 0 aliphatic carbocycles. The topological polar surface area (TPSA) is 40.5 Å². The third kappa shape index (κ3) is 3.12. The maximum atomic E-state index is 12.0. The Bertz CT molecular complexity index is 384. The number of hydrogen-bond donors (Lipinski definition) is 1. The molecule has 0 heterocycles. The summed E-state index contributed by atoms with van der Waals surface area (Å²) in [6, 6.07) is 4.46. The van der Waals surface area contributed by atoms with Gasteiger partial charge in [-0.15, -0.1) is 0 Å². The average Bonchev–Trinajstić information content (AvgIpc) is 2.28. The van der Waals surface area contributed by atoms with Crippen molar-refractivity contribution in [1.29, 1.82) is 0 Å². The van der Waals surface area contributed by atoms with Crippen molar-refractivity contribution >= 4 is 33.4 Å². The summed E-state index contributed by atoms with van der Waals surface area (Å²) in [7, 11) is 0. The highest BCUT2D eigenvalue weighted by molar-refractivity contribution is 9.09. The van der Waals surface area contributed by atoms with Crippen LogP contribution in [0.25, 0.3) is 0 Å². The molecule has 16 heavy (non-hydrogen) atoms. The van der Waals surface area contributed by atoms with Gasteiger partial charge in [-0.25, -0.2) is 0 Å². The molecule has 1 aromatic carbocycles. The van der Waals surface area contributed by atoms with E-state index in [1.54, 1.807) is 11.0 Å². The van der Waals surface area contributed by atoms with Crippen molar-refractivity contribution in [2.24, 2.45) is 0 Å². The highest BCUT2D eigenvalue weighted by atomic mass is 79.9. The number of carbonyl (C=O) groups is 1. The predicted molar refractivity (Wildman–Crippen MR) is 68.5 cm³/mol. The van der Waals surface area contributed by atoms with Crippen LogP contribution >= 0.6 is 27.5 Å². The lowest BCUT2D eigenvalue weighted by Gasteiger charge is -2.20. The lowest BCUT2D eigenvalue weighted by molar-refractivity contribution is 0.0772. The first kappa shape index (κ1) is 13.3. The molecule has 5 heteroatoms. The number of phenols is 1. The number of amides is 1. The zero-order valence-electron chi connectivity index (χ0n) is 8.91. The monoisotopic (exact) mass is 305 g/mol. The first-order valence-corrected chi connectivity index (χ1v) is 6.43. The van der Waals surface area contributed by atoms with Crippen molar-refractivity contribution in [2.75, 3.05) is 18.4 Å². The van der Waals surface area contributed by atoms with Gasteiger partial charge in [-0.1, -0.05) is 27.5 Å². The van der Waals surface area contributed by atoms with Crippen LogP contribution in [0.1, 0.15) is 17.3 Å². The number of alkyl halides is 1. The fraction of sp³-hybridized carbons (Fsp3) is 0.364. The van der Waals surface area contributed by atoms with E-state index in [-0.39, 0.29) is 17.2 Å². The summed E-state index contributed by atoms with van der Waals surface area (Å²) in [6.45, 7) is 3.08. The Labute approximate surface area is 108 Å². The van der Waals surface area contributed by atoms with E-state index in [1.165, 1.54) is 12.1 Å². The van der Waals surface area contributed by atoms with Crippen LogP contribution in [0.2, 0.25) is 5.02 Å². The molecule has 0 atom stereocenters. The summed E-state index contributed by atoms with van der Waals surface area (Å²) < 4.78 is 0. The van der Waals surface area contributed by atoms with E-state index in [0.717, 1.165) is 0 Å². The molecular weight excluding hydrogens is 293 g/mol. The maximum absolute atomic E-state index is 12.0. The minimum Gasteiger partial charge on any atom is -0.507 e. The van der Waals surface area contributed by atoms with Gasteiger partial charge in [-0.2, -0.15) is 0 Å². The Morgan fingerprint density at radius 1 is 1.56 bits per heavy atom. The number of rotatable bonds is 4. The van der Waals surface area contributed by atoms with Gasteiger partial charge in [-0.05, 0) is 25.1 Å².